The minimum absolute atomic E-state index is 0.0760. The Morgan fingerprint density at radius 2 is 2.29 bits per heavy atom. The second-order valence-corrected chi connectivity index (χ2v) is 4.54. The SMILES string of the molecule is Cc1ccc(Cl)cc1NC(=O)[C@H]1CCC(=O)N1. The van der Waals surface area contributed by atoms with Gasteiger partial charge >= 0.3 is 0 Å². The standard InChI is InChI=1S/C12H13ClN2O2/c1-7-2-3-8(13)6-10(7)15-12(17)9-4-5-11(16)14-9/h2-3,6,9H,4-5H2,1H3,(H,14,16)(H,15,17)/t9-/m1/s1. The first-order chi connectivity index (χ1) is 8.06. The molecule has 1 saturated heterocycles. The molecular weight excluding hydrogens is 240 g/mol. The number of anilines is 1. The van der Waals surface area contributed by atoms with Crippen LogP contribution in [0, 0.1) is 6.92 Å². The summed E-state index contributed by atoms with van der Waals surface area (Å²) in [6.07, 6.45) is 0.955. The first-order valence-electron chi connectivity index (χ1n) is 5.42. The fourth-order valence-corrected chi connectivity index (χ4v) is 1.93. The highest BCUT2D eigenvalue weighted by Gasteiger charge is 2.27. The molecule has 0 unspecified atom stereocenters. The zero-order valence-corrected chi connectivity index (χ0v) is 10.2. The van der Waals surface area contributed by atoms with Gasteiger partial charge in [0.05, 0.1) is 0 Å². The minimum atomic E-state index is -0.430. The number of benzene rings is 1. The second kappa shape index (κ2) is 4.75. The third-order valence-electron chi connectivity index (χ3n) is 2.77. The molecule has 0 spiro atoms. The van der Waals surface area contributed by atoms with Crippen molar-refractivity contribution in [3.63, 3.8) is 0 Å². The molecule has 1 aliphatic rings. The third-order valence-corrected chi connectivity index (χ3v) is 3.00. The summed E-state index contributed by atoms with van der Waals surface area (Å²) < 4.78 is 0. The molecule has 1 aromatic rings. The normalized spacial score (nSPS) is 18.9. The van der Waals surface area contributed by atoms with Crippen molar-refractivity contribution in [3.8, 4) is 0 Å². The summed E-state index contributed by atoms with van der Waals surface area (Å²) in [5.41, 5.74) is 1.62. The molecule has 1 aromatic carbocycles. The van der Waals surface area contributed by atoms with Crippen LogP contribution in [0.4, 0.5) is 5.69 Å². The average molecular weight is 253 g/mol. The molecule has 0 bridgehead atoms. The minimum Gasteiger partial charge on any atom is -0.344 e. The number of halogens is 1. The monoisotopic (exact) mass is 252 g/mol. The Kier molecular flexibility index (Phi) is 3.33. The average Bonchev–Trinajstić information content (AvgIpc) is 2.70. The number of hydrogen-bond donors (Lipinski definition) is 2. The van der Waals surface area contributed by atoms with Gasteiger partial charge in [0.15, 0.2) is 0 Å². The van der Waals surface area contributed by atoms with Crippen LogP contribution < -0.4 is 10.6 Å². The third kappa shape index (κ3) is 2.77. The van der Waals surface area contributed by atoms with Crippen molar-refractivity contribution in [2.45, 2.75) is 25.8 Å². The molecule has 2 amide bonds. The van der Waals surface area contributed by atoms with E-state index in [1.54, 1.807) is 12.1 Å². The number of aryl methyl sites for hydroxylation is 1. The zero-order valence-electron chi connectivity index (χ0n) is 9.42. The van der Waals surface area contributed by atoms with E-state index >= 15 is 0 Å². The lowest BCUT2D eigenvalue weighted by Crippen LogP contribution is -2.37. The smallest absolute Gasteiger partial charge is 0.246 e. The lowest BCUT2D eigenvalue weighted by molar-refractivity contribution is -0.122. The summed E-state index contributed by atoms with van der Waals surface area (Å²) in [5.74, 6) is -0.269. The van der Waals surface area contributed by atoms with E-state index in [2.05, 4.69) is 10.6 Å². The summed E-state index contributed by atoms with van der Waals surface area (Å²) in [7, 11) is 0. The molecule has 5 heteroatoms. The molecule has 0 radical (unpaired) electrons. The van der Waals surface area contributed by atoms with Gasteiger partial charge in [0.25, 0.3) is 0 Å². The van der Waals surface area contributed by atoms with Gasteiger partial charge in [0, 0.05) is 17.1 Å². The van der Waals surface area contributed by atoms with Gasteiger partial charge in [-0.1, -0.05) is 17.7 Å². The zero-order chi connectivity index (χ0) is 12.4. The van der Waals surface area contributed by atoms with E-state index in [9.17, 15) is 9.59 Å². The van der Waals surface area contributed by atoms with Crippen molar-refractivity contribution in [3.05, 3.63) is 28.8 Å². The molecule has 1 heterocycles. The van der Waals surface area contributed by atoms with Crippen LogP contribution in [-0.4, -0.2) is 17.9 Å². The number of amides is 2. The maximum Gasteiger partial charge on any atom is 0.246 e. The number of carbonyl (C=O) groups is 2. The predicted octanol–water partition coefficient (Wildman–Crippen LogP) is 1.87. The van der Waals surface area contributed by atoms with Gasteiger partial charge in [-0.2, -0.15) is 0 Å². The van der Waals surface area contributed by atoms with Gasteiger partial charge in [-0.15, -0.1) is 0 Å². The van der Waals surface area contributed by atoms with Crippen LogP contribution in [0.1, 0.15) is 18.4 Å². The molecule has 0 saturated carbocycles. The quantitative estimate of drug-likeness (QED) is 0.844. The fraction of sp³-hybridized carbons (Fsp3) is 0.333. The van der Waals surface area contributed by atoms with Gasteiger partial charge < -0.3 is 10.6 Å². The van der Waals surface area contributed by atoms with E-state index in [0.717, 1.165) is 5.56 Å². The van der Waals surface area contributed by atoms with Gasteiger partial charge in [-0.3, -0.25) is 9.59 Å². The van der Waals surface area contributed by atoms with E-state index in [-0.39, 0.29) is 11.8 Å². The van der Waals surface area contributed by atoms with Crippen LogP contribution in [0.3, 0.4) is 0 Å². The van der Waals surface area contributed by atoms with Gasteiger partial charge in [-0.25, -0.2) is 0 Å². The molecule has 1 aliphatic heterocycles. The van der Waals surface area contributed by atoms with Crippen molar-refractivity contribution in [1.29, 1.82) is 0 Å². The Bertz CT molecular complexity index is 474. The summed E-state index contributed by atoms with van der Waals surface area (Å²) in [6.45, 7) is 1.89. The Hall–Kier alpha value is -1.55. The van der Waals surface area contributed by atoms with E-state index in [1.165, 1.54) is 0 Å². The van der Waals surface area contributed by atoms with Crippen LogP contribution in [0.25, 0.3) is 0 Å². The maximum absolute atomic E-state index is 11.9. The van der Waals surface area contributed by atoms with Crippen molar-refractivity contribution >= 4 is 29.1 Å². The second-order valence-electron chi connectivity index (χ2n) is 4.11. The largest absolute Gasteiger partial charge is 0.344 e. The molecule has 17 heavy (non-hydrogen) atoms. The Labute approximate surface area is 104 Å². The Morgan fingerprint density at radius 3 is 2.94 bits per heavy atom. The summed E-state index contributed by atoms with van der Waals surface area (Å²) in [6, 6.07) is 4.88. The molecule has 1 atom stereocenters. The van der Waals surface area contributed by atoms with Gasteiger partial charge in [0.2, 0.25) is 11.8 Å². The van der Waals surface area contributed by atoms with Crippen molar-refractivity contribution in [1.82, 2.24) is 5.32 Å². The molecule has 90 valence electrons. The first-order valence-corrected chi connectivity index (χ1v) is 5.80. The Morgan fingerprint density at radius 1 is 1.53 bits per heavy atom. The number of hydrogen-bond acceptors (Lipinski definition) is 2. The summed E-state index contributed by atoms with van der Waals surface area (Å²) in [5, 5.41) is 5.97. The van der Waals surface area contributed by atoms with Crippen molar-refractivity contribution < 1.29 is 9.59 Å². The first kappa shape index (κ1) is 11.9. The van der Waals surface area contributed by atoms with Crippen molar-refractivity contribution in [2.75, 3.05) is 5.32 Å². The van der Waals surface area contributed by atoms with Crippen molar-refractivity contribution in [2.24, 2.45) is 0 Å². The number of nitrogens with one attached hydrogen (secondary N) is 2. The van der Waals surface area contributed by atoms with E-state index < -0.39 is 6.04 Å². The maximum atomic E-state index is 11.9. The van der Waals surface area contributed by atoms with Crippen LogP contribution in [0.15, 0.2) is 18.2 Å². The van der Waals surface area contributed by atoms with E-state index in [0.29, 0.717) is 23.6 Å². The van der Waals surface area contributed by atoms with Crippen LogP contribution in [0.5, 0.6) is 0 Å². The van der Waals surface area contributed by atoms with E-state index in [1.807, 2.05) is 13.0 Å². The van der Waals surface area contributed by atoms with Crippen LogP contribution >= 0.6 is 11.6 Å². The molecule has 2 N–H and O–H groups in total. The molecule has 0 aliphatic carbocycles. The highest BCUT2D eigenvalue weighted by molar-refractivity contribution is 6.31. The predicted molar refractivity (Wildman–Crippen MR) is 66.0 cm³/mol. The molecule has 2 rings (SSSR count). The van der Waals surface area contributed by atoms with Crippen LogP contribution in [0.2, 0.25) is 5.02 Å². The number of rotatable bonds is 2. The summed E-state index contributed by atoms with van der Waals surface area (Å²) >= 11 is 5.86. The fourth-order valence-electron chi connectivity index (χ4n) is 1.76. The van der Waals surface area contributed by atoms with Gasteiger partial charge in [-0.05, 0) is 31.0 Å². The summed E-state index contributed by atoms with van der Waals surface area (Å²) in [4.78, 5) is 22.9. The highest BCUT2D eigenvalue weighted by atomic mass is 35.5. The molecule has 4 nitrogen and oxygen atoms in total. The highest BCUT2D eigenvalue weighted by Crippen LogP contribution is 2.21. The lowest BCUT2D eigenvalue weighted by atomic mass is 10.1. The lowest BCUT2D eigenvalue weighted by Gasteiger charge is -2.12. The molecular formula is C12H13ClN2O2. The Balaban J connectivity index is 2.07. The van der Waals surface area contributed by atoms with E-state index in [4.69, 9.17) is 11.6 Å². The van der Waals surface area contributed by atoms with Crippen LogP contribution in [-0.2, 0) is 9.59 Å². The molecule has 1 fully saturated rings. The topological polar surface area (TPSA) is 58.2 Å². The number of carbonyl (C=O) groups excluding carboxylic acids is 2. The van der Waals surface area contributed by atoms with Gasteiger partial charge in [0.1, 0.15) is 6.04 Å². The molecule has 0 aromatic heterocycles.